The summed E-state index contributed by atoms with van der Waals surface area (Å²) in [6, 6.07) is 1.41. The number of hydrogen-bond acceptors (Lipinski definition) is 1. The summed E-state index contributed by atoms with van der Waals surface area (Å²) in [5.74, 6) is -1.62. The maximum absolute atomic E-state index is 13.1. The van der Waals surface area contributed by atoms with Crippen LogP contribution in [0.4, 0.5) is 8.78 Å². The molecular weight excluding hydrogens is 181 g/mol. The smallest absolute Gasteiger partial charge is 0.191 e. The number of benzene rings is 1. The summed E-state index contributed by atoms with van der Waals surface area (Å²) in [7, 11) is 3.43. The molecule has 0 aliphatic heterocycles. The SMILES string of the molecule is COc1c(F)c(C)cc(P)c1F. The molecular formula is C8H9F2OP. The summed E-state index contributed by atoms with van der Waals surface area (Å²) in [4.78, 5) is 0. The monoisotopic (exact) mass is 190 g/mol. The van der Waals surface area contributed by atoms with Crippen molar-refractivity contribution in [2.24, 2.45) is 0 Å². The molecule has 4 heteroatoms. The summed E-state index contributed by atoms with van der Waals surface area (Å²) in [6.45, 7) is 1.56. The van der Waals surface area contributed by atoms with Crippen LogP contribution < -0.4 is 10.0 Å². The number of methoxy groups -OCH3 is 1. The molecule has 0 spiro atoms. The first kappa shape index (κ1) is 9.40. The number of hydrogen-bond donors (Lipinski definition) is 0. The highest BCUT2D eigenvalue weighted by Crippen LogP contribution is 2.23. The Kier molecular flexibility index (Phi) is 2.63. The van der Waals surface area contributed by atoms with E-state index in [4.69, 9.17) is 0 Å². The Labute approximate surface area is 71.9 Å². The number of ether oxygens (including phenoxy) is 1. The molecule has 66 valence electrons. The van der Waals surface area contributed by atoms with Crippen LogP contribution in [0.15, 0.2) is 6.07 Å². The number of rotatable bonds is 1. The van der Waals surface area contributed by atoms with Gasteiger partial charge in [0.15, 0.2) is 17.4 Å². The molecule has 0 aliphatic rings. The first-order valence-corrected chi connectivity index (χ1v) is 3.93. The molecule has 1 atom stereocenters. The lowest BCUT2D eigenvalue weighted by molar-refractivity contribution is 0.360. The molecule has 0 fully saturated rings. The van der Waals surface area contributed by atoms with Crippen molar-refractivity contribution in [1.82, 2.24) is 0 Å². The van der Waals surface area contributed by atoms with Gasteiger partial charge in [-0.15, -0.1) is 9.24 Å². The molecule has 0 saturated heterocycles. The van der Waals surface area contributed by atoms with Crippen LogP contribution >= 0.6 is 9.24 Å². The van der Waals surface area contributed by atoms with Gasteiger partial charge in [-0.1, -0.05) is 0 Å². The molecule has 0 aliphatic carbocycles. The summed E-state index contributed by atoms with van der Waals surface area (Å²) in [5.41, 5.74) is 0.373. The van der Waals surface area contributed by atoms with Crippen molar-refractivity contribution in [3.63, 3.8) is 0 Å². The van der Waals surface area contributed by atoms with Crippen molar-refractivity contribution in [3.8, 4) is 5.75 Å². The van der Waals surface area contributed by atoms with E-state index in [1.807, 2.05) is 0 Å². The van der Waals surface area contributed by atoms with Crippen LogP contribution in [0.1, 0.15) is 5.56 Å². The van der Waals surface area contributed by atoms with E-state index in [0.29, 0.717) is 10.9 Å². The normalized spacial score (nSPS) is 10.1. The molecule has 1 rings (SSSR count). The Bertz CT molecular complexity index is 286. The fourth-order valence-electron chi connectivity index (χ4n) is 0.946. The fraction of sp³-hybridized carbons (Fsp3) is 0.250. The van der Waals surface area contributed by atoms with Gasteiger partial charge < -0.3 is 4.74 Å². The highest BCUT2D eigenvalue weighted by atomic mass is 31.0. The van der Waals surface area contributed by atoms with E-state index < -0.39 is 11.6 Å². The van der Waals surface area contributed by atoms with Crippen molar-refractivity contribution in [2.45, 2.75) is 6.92 Å². The maximum atomic E-state index is 13.1. The lowest BCUT2D eigenvalue weighted by Crippen LogP contribution is -2.06. The van der Waals surface area contributed by atoms with Crippen molar-refractivity contribution in [1.29, 1.82) is 0 Å². The second-order valence-electron chi connectivity index (χ2n) is 2.44. The highest BCUT2D eigenvalue weighted by Gasteiger charge is 2.14. The molecule has 12 heavy (non-hydrogen) atoms. The Hall–Kier alpha value is -0.690. The molecule has 0 saturated carbocycles. The minimum Gasteiger partial charge on any atom is -0.491 e. The van der Waals surface area contributed by atoms with Gasteiger partial charge in [0.2, 0.25) is 0 Å². The average Bonchev–Trinajstić information content (AvgIpc) is 2.02. The molecule has 1 aromatic carbocycles. The summed E-state index contributed by atoms with van der Waals surface area (Å²) >= 11 is 0. The van der Waals surface area contributed by atoms with E-state index in [1.54, 1.807) is 6.92 Å². The Morgan fingerprint density at radius 2 is 1.92 bits per heavy atom. The zero-order valence-electron chi connectivity index (χ0n) is 6.82. The van der Waals surface area contributed by atoms with Crippen molar-refractivity contribution >= 4 is 14.5 Å². The first-order chi connectivity index (χ1) is 5.57. The molecule has 0 aromatic heterocycles. The summed E-state index contributed by atoms with van der Waals surface area (Å²) in [6.07, 6.45) is 0. The van der Waals surface area contributed by atoms with Crippen LogP contribution in [0.2, 0.25) is 0 Å². The third-order valence-electron chi connectivity index (χ3n) is 1.57. The van der Waals surface area contributed by atoms with Crippen molar-refractivity contribution in [2.75, 3.05) is 7.11 Å². The van der Waals surface area contributed by atoms with Crippen LogP contribution in [-0.2, 0) is 0 Å². The van der Waals surface area contributed by atoms with E-state index in [-0.39, 0.29) is 5.75 Å². The molecule has 1 unspecified atom stereocenters. The Balaban J connectivity index is 3.42. The van der Waals surface area contributed by atoms with Gasteiger partial charge in [0.05, 0.1) is 7.11 Å². The van der Waals surface area contributed by atoms with Gasteiger partial charge >= 0.3 is 0 Å². The predicted molar refractivity (Wildman–Crippen MR) is 47.0 cm³/mol. The van der Waals surface area contributed by atoms with E-state index in [0.717, 1.165) is 0 Å². The zero-order chi connectivity index (χ0) is 9.30. The van der Waals surface area contributed by atoms with Crippen LogP contribution in [0.25, 0.3) is 0 Å². The largest absolute Gasteiger partial charge is 0.491 e. The first-order valence-electron chi connectivity index (χ1n) is 3.36. The standard InChI is InChI=1S/C8H9F2OP/c1-4-3-5(12)7(10)8(11-2)6(4)9/h3H,12H2,1-2H3. The predicted octanol–water partition coefficient (Wildman–Crippen LogP) is 1.78. The highest BCUT2D eigenvalue weighted by molar-refractivity contribution is 7.27. The molecule has 0 heterocycles. The van der Waals surface area contributed by atoms with Gasteiger partial charge in [0.1, 0.15) is 0 Å². The van der Waals surface area contributed by atoms with Crippen LogP contribution in [0, 0.1) is 18.6 Å². The second-order valence-corrected chi connectivity index (χ2v) is 3.07. The van der Waals surface area contributed by atoms with E-state index in [2.05, 4.69) is 14.0 Å². The van der Waals surface area contributed by atoms with E-state index >= 15 is 0 Å². The lowest BCUT2D eigenvalue weighted by Gasteiger charge is -2.07. The summed E-state index contributed by atoms with van der Waals surface area (Å²) in [5, 5.41) is 0.311. The second kappa shape index (κ2) is 3.36. The molecule has 1 aromatic rings. The van der Waals surface area contributed by atoms with Gasteiger partial charge in [0, 0.05) is 5.30 Å². The third kappa shape index (κ3) is 1.42. The maximum Gasteiger partial charge on any atom is 0.191 e. The zero-order valence-corrected chi connectivity index (χ0v) is 7.97. The minimum absolute atomic E-state index is 0.311. The van der Waals surface area contributed by atoms with Crippen molar-refractivity contribution < 1.29 is 13.5 Å². The average molecular weight is 190 g/mol. The minimum atomic E-state index is -0.661. The van der Waals surface area contributed by atoms with E-state index in [9.17, 15) is 8.78 Å². The lowest BCUT2D eigenvalue weighted by atomic mass is 10.2. The van der Waals surface area contributed by atoms with Gasteiger partial charge in [0.25, 0.3) is 0 Å². The summed E-state index contributed by atoms with van der Waals surface area (Å²) < 4.78 is 30.7. The number of aryl methyl sites for hydroxylation is 1. The Morgan fingerprint density at radius 3 is 2.42 bits per heavy atom. The topological polar surface area (TPSA) is 9.23 Å². The molecule has 1 nitrogen and oxygen atoms in total. The fourth-order valence-corrected chi connectivity index (χ4v) is 1.33. The van der Waals surface area contributed by atoms with Gasteiger partial charge in [-0.2, -0.15) is 0 Å². The van der Waals surface area contributed by atoms with Crippen LogP contribution in [-0.4, -0.2) is 7.11 Å². The van der Waals surface area contributed by atoms with Gasteiger partial charge in [-0.3, -0.25) is 0 Å². The van der Waals surface area contributed by atoms with Crippen LogP contribution in [0.3, 0.4) is 0 Å². The van der Waals surface area contributed by atoms with Crippen molar-refractivity contribution in [3.05, 3.63) is 23.3 Å². The van der Waals surface area contributed by atoms with Crippen LogP contribution in [0.5, 0.6) is 5.75 Å². The number of halogens is 2. The molecule has 0 bridgehead atoms. The Morgan fingerprint density at radius 1 is 1.33 bits per heavy atom. The van der Waals surface area contributed by atoms with Gasteiger partial charge in [-0.25, -0.2) is 8.78 Å². The third-order valence-corrected chi connectivity index (χ3v) is 1.99. The quantitative estimate of drug-likeness (QED) is 0.613. The van der Waals surface area contributed by atoms with E-state index in [1.165, 1.54) is 13.2 Å². The molecule has 0 radical (unpaired) electrons. The molecule has 0 N–H and O–H groups in total. The van der Waals surface area contributed by atoms with Gasteiger partial charge in [-0.05, 0) is 18.6 Å². The molecule has 0 amide bonds.